The van der Waals surface area contributed by atoms with Gasteiger partial charge in [0.05, 0.1) is 6.54 Å². The number of carbonyl (C=O) groups excluding carboxylic acids is 2. The largest absolute Gasteiger partial charge is 0.443 e. The first-order valence-electron chi connectivity index (χ1n) is 12.9. The predicted molar refractivity (Wildman–Crippen MR) is 147 cm³/mol. The quantitative estimate of drug-likeness (QED) is 0.397. The van der Waals surface area contributed by atoms with Crippen LogP contribution in [-0.4, -0.2) is 33.9 Å². The van der Waals surface area contributed by atoms with Gasteiger partial charge in [-0.05, 0) is 94.8 Å². The van der Waals surface area contributed by atoms with Gasteiger partial charge >= 0.3 is 6.09 Å². The van der Waals surface area contributed by atoms with Crippen LogP contribution in [0.4, 0.5) is 16.2 Å². The van der Waals surface area contributed by atoms with Crippen molar-refractivity contribution in [2.24, 2.45) is 0 Å². The van der Waals surface area contributed by atoms with Gasteiger partial charge in [0.2, 0.25) is 0 Å². The van der Waals surface area contributed by atoms with Crippen LogP contribution < -0.4 is 10.2 Å². The summed E-state index contributed by atoms with van der Waals surface area (Å²) < 4.78 is 7.41. The van der Waals surface area contributed by atoms with Crippen LogP contribution in [0.1, 0.15) is 57.6 Å². The third-order valence-electron chi connectivity index (χ3n) is 6.30. The lowest BCUT2D eigenvalue weighted by molar-refractivity contribution is -0.113. The van der Waals surface area contributed by atoms with Crippen molar-refractivity contribution in [1.29, 1.82) is 0 Å². The molecule has 1 aliphatic carbocycles. The van der Waals surface area contributed by atoms with Crippen LogP contribution in [0.5, 0.6) is 0 Å². The van der Waals surface area contributed by atoms with Crippen LogP contribution in [0.25, 0.3) is 5.57 Å². The summed E-state index contributed by atoms with van der Waals surface area (Å²) in [5, 5.41) is 7.29. The van der Waals surface area contributed by atoms with Gasteiger partial charge in [0.25, 0.3) is 5.91 Å². The second-order valence-electron chi connectivity index (χ2n) is 10.4. The Morgan fingerprint density at radius 2 is 1.73 bits per heavy atom. The van der Waals surface area contributed by atoms with Gasteiger partial charge in [0, 0.05) is 35.9 Å². The zero-order valence-electron chi connectivity index (χ0n) is 22.2. The van der Waals surface area contributed by atoms with Crippen molar-refractivity contribution in [2.75, 3.05) is 16.8 Å². The number of rotatable bonds is 7. The average Bonchev–Trinajstić information content (AvgIpc) is 3.38. The first-order valence-corrected chi connectivity index (χ1v) is 12.9. The average molecular weight is 501 g/mol. The molecule has 0 atom stereocenters. The molecular formula is C30H36N4O3. The fourth-order valence-electron chi connectivity index (χ4n) is 4.44. The molecule has 2 amide bonds. The molecule has 194 valence electrons. The summed E-state index contributed by atoms with van der Waals surface area (Å²) in [5.41, 5.74) is 5.08. The molecule has 0 spiro atoms. The topological polar surface area (TPSA) is 76.5 Å². The molecule has 37 heavy (non-hydrogen) atoms. The zero-order valence-corrected chi connectivity index (χ0v) is 22.2. The second kappa shape index (κ2) is 11.5. The molecule has 0 saturated carbocycles. The maximum absolute atomic E-state index is 13.3. The van der Waals surface area contributed by atoms with E-state index in [1.165, 1.54) is 5.56 Å². The fourth-order valence-corrected chi connectivity index (χ4v) is 4.44. The highest BCUT2D eigenvalue weighted by molar-refractivity contribution is 6.09. The number of hydrogen-bond acceptors (Lipinski definition) is 4. The Kier molecular flexibility index (Phi) is 8.11. The van der Waals surface area contributed by atoms with Crippen molar-refractivity contribution in [3.8, 4) is 0 Å². The number of nitrogens with one attached hydrogen (secondary N) is 1. The Morgan fingerprint density at radius 3 is 2.38 bits per heavy atom. The summed E-state index contributed by atoms with van der Waals surface area (Å²) >= 11 is 0. The molecule has 7 nitrogen and oxygen atoms in total. The second-order valence-corrected chi connectivity index (χ2v) is 10.4. The first kappa shape index (κ1) is 26.2. The summed E-state index contributed by atoms with van der Waals surface area (Å²) in [6, 6.07) is 17.6. The van der Waals surface area contributed by atoms with E-state index in [1.54, 1.807) is 15.8 Å². The number of aromatic nitrogens is 2. The molecule has 0 radical (unpaired) electrons. The van der Waals surface area contributed by atoms with Crippen molar-refractivity contribution in [1.82, 2.24) is 9.78 Å². The lowest BCUT2D eigenvalue weighted by atomic mass is 9.86. The maximum atomic E-state index is 13.3. The van der Waals surface area contributed by atoms with Crippen molar-refractivity contribution >= 4 is 28.9 Å². The van der Waals surface area contributed by atoms with Gasteiger partial charge in [-0.15, -0.1) is 0 Å². The van der Waals surface area contributed by atoms with Gasteiger partial charge in [0.15, 0.2) is 0 Å². The van der Waals surface area contributed by atoms with E-state index < -0.39 is 11.7 Å². The number of hydrogen-bond donors (Lipinski definition) is 1. The van der Waals surface area contributed by atoms with Gasteiger partial charge in [-0.25, -0.2) is 4.79 Å². The number of amides is 2. The van der Waals surface area contributed by atoms with Gasteiger partial charge in [-0.1, -0.05) is 29.8 Å². The van der Waals surface area contributed by atoms with Crippen molar-refractivity contribution in [3.05, 3.63) is 83.7 Å². The Hall–Kier alpha value is -3.87. The number of carbonyl (C=O) groups is 2. The maximum Gasteiger partial charge on any atom is 0.414 e. The van der Waals surface area contributed by atoms with Crippen molar-refractivity contribution < 1.29 is 14.3 Å². The van der Waals surface area contributed by atoms with Gasteiger partial charge in [-0.2, -0.15) is 5.10 Å². The molecular weight excluding hydrogens is 464 g/mol. The van der Waals surface area contributed by atoms with Crippen LogP contribution >= 0.6 is 0 Å². The molecule has 1 aromatic heterocycles. The molecule has 1 aliphatic rings. The lowest BCUT2D eigenvalue weighted by Gasteiger charge is -2.27. The number of aryl methyl sites for hydroxylation is 1. The summed E-state index contributed by atoms with van der Waals surface area (Å²) in [6.07, 6.45) is 6.93. The molecule has 0 fully saturated rings. The summed E-state index contributed by atoms with van der Waals surface area (Å²) in [7, 11) is 0. The Balaban J connectivity index is 1.51. The molecule has 7 heteroatoms. The minimum Gasteiger partial charge on any atom is -0.443 e. The number of anilines is 2. The predicted octanol–water partition coefficient (Wildman–Crippen LogP) is 6.60. The number of benzene rings is 2. The number of allylic oxidation sites excluding steroid dienone is 1. The molecule has 2 aromatic carbocycles. The van der Waals surface area contributed by atoms with Crippen LogP contribution in [0.3, 0.4) is 0 Å². The highest BCUT2D eigenvalue weighted by Gasteiger charge is 2.24. The normalized spacial score (nSPS) is 13.8. The third kappa shape index (κ3) is 7.09. The standard InChI is InChI=1S/C30H36N4O3/c1-22-10-12-23(13-11-22)26-8-5-6-9-27(26)28(35)32-24-14-16-25(17-15-24)34(29(36)37-30(2,3)4)21-20-33-19-7-18-31-33/h7,10-19H,5-6,8-9,20-21H2,1-4H3,(H,32,35). The van der Waals surface area contributed by atoms with E-state index in [-0.39, 0.29) is 5.91 Å². The first-order chi connectivity index (χ1) is 17.7. The van der Waals surface area contributed by atoms with Gasteiger partial charge < -0.3 is 10.1 Å². The third-order valence-corrected chi connectivity index (χ3v) is 6.30. The van der Waals surface area contributed by atoms with E-state index in [4.69, 9.17) is 4.74 Å². The molecule has 4 rings (SSSR count). The van der Waals surface area contributed by atoms with Crippen LogP contribution in [0.15, 0.2) is 72.6 Å². The SMILES string of the molecule is Cc1ccc(C2=C(C(=O)Nc3ccc(N(CCn4cccn4)C(=O)OC(C)(C)C)cc3)CCCC2)cc1. The lowest BCUT2D eigenvalue weighted by Crippen LogP contribution is -2.38. The number of ether oxygens (including phenoxy) is 1. The molecule has 0 bridgehead atoms. The Bertz CT molecular complexity index is 1240. The van der Waals surface area contributed by atoms with Crippen LogP contribution in [-0.2, 0) is 16.1 Å². The van der Waals surface area contributed by atoms with Crippen molar-refractivity contribution in [3.63, 3.8) is 0 Å². The molecule has 1 heterocycles. The Morgan fingerprint density at radius 1 is 1.03 bits per heavy atom. The highest BCUT2D eigenvalue weighted by atomic mass is 16.6. The smallest absolute Gasteiger partial charge is 0.414 e. The fraction of sp³-hybridized carbons (Fsp3) is 0.367. The summed E-state index contributed by atoms with van der Waals surface area (Å²) in [4.78, 5) is 27.8. The van der Waals surface area contributed by atoms with E-state index in [1.807, 2.05) is 57.3 Å². The van der Waals surface area contributed by atoms with Gasteiger partial charge in [-0.3, -0.25) is 14.4 Å². The monoisotopic (exact) mass is 500 g/mol. The van der Waals surface area contributed by atoms with Crippen LogP contribution in [0, 0.1) is 6.92 Å². The molecule has 1 N–H and O–H groups in total. The molecule has 0 saturated heterocycles. The minimum absolute atomic E-state index is 0.0642. The van der Waals surface area contributed by atoms with Gasteiger partial charge in [0.1, 0.15) is 5.60 Å². The van der Waals surface area contributed by atoms with E-state index in [0.29, 0.717) is 24.5 Å². The highest BCUT2D eigenvalue weighted by Crippen LogP contribution is 2.33. The van der Waals surface area contributed by atoms with E-state index in [0.717, 1.165) is 42.4 Å². The zero-order chi connectivity index (χ0) is 26.4. The van der Waals surface area contributed by atoms with Crippen LogP contribution in [0.2, 0.25) is 0 Å². The summed E-state index contributed by atoms with van der Waals surface area (Å²) in [5.74, 6) is -0.0642. The van der Waals surface area contributed by atoms with E-state index >= 15 is 0 Å². The Labute approximate surface area is 219 Å². The van der Waals surface area contributed by atoms with Crippen molar-refractivity contribution in [2.45, 2.75) is 65.5 Å². The molecule has 0 aliphatic heterocycles. The summed E-state index contributed by atoms with van der Waals surface area (Å²) in [6.45, 7) is 8.54. The minimum atomic E-state index is -0.613. The number of nitrogens with zero attached hydrogens (tertiary/aromatic N) is 3. The molecule has 0 unspecified atom stereocenters. The molecule has 3 aromatic rings. The van der Waals surface area contributed by atoms with E-state index in [9.17, 15) is 9.59 Å². The van der Waals surface area contributed by atoms with E-state index in [2.05, 4.69) is 41.6 Å².